The van der Waals surface area contributed by atoms with Gasteiger partial charge in [-0.1, -0.05) is 23.1 Å². The van der Waals surface area contributed by atoms with E-state index in [1.807, 2.05) is 6.92 Å². The van der Waals surface area contributed by atoms with Crippen LogP contribution in [0.4, 0.5) is 24.0 Å². The number of hydrogen-bond acceptors (Lipinski definition) is 8. The van der Waals surface area contributed by atoms with Gasteiger partial charge in [0.25, 0.3) is 0 Å². The second-order valence-corrected chi connectivity index (χ2v) is 7.59. The molecule has 3 rings (SSSR count). The molecule has 0 saturated carbocycles. The van der Waals surface area contributed by atoms with Gasteiger partial charge >= 0.3 is 12.3 Å². The zero-order chi connectivity index (χ0) is 18.0. The van der Waals surface area contributed by atoms with E-state index in [2.05, 4.69) is 20.3 Å². The number of ether oxygens (including phenoxy) is 2. The van der Waals surface area contributed by atoms with Gasteiger partial charge in [-0.2, -0.15) is 0 Å². The fourth-order valence-corrected chi connectivity index (χ4v) is 4.23. The van der Waals surface area contributed by atoms with Crippen molar-refractivity contribution in [2.24, 2.45) is 0 Å². The van der Waals surface area contributed by atoms with Gasteiger partial charge in [-0.05, 0) is 31.2 Å². The van der Waals surface area contributed by atoms with Gasteiger partial charge in [0.15, 0.2) is 4.34 Å². The third-order valence-electron chi connectivity index (χ3n) is 3.11. The van der Waals surface area contributed by atoms with Crippen molar-refractivity contribution in [1.82, 2.24) is 10.2 Å². The summed E-state index contributed by atoms with van der Waals surface area (Å²) in [6.45, 7) is 1.83. The second kappa shape index (κ2) is 7.08. The molecule has 0 aliphatic carbocycles. The minimum absolute atomic E-state index is 0.104. The predicted octanol–water partition coefficient (Wildman–Crippen LogP) is 3.98. The molecule has 0 unspecified atom stereocenters. The molecule has 2 atom stereocenters. The smallest absolute Gasteiger partial charge is 0.462 e. The molecule has 1 aliphatic rings. The molecule has 6 nitrogen and oxygen atoms in total. The lowest BCUT2D eigenvalue weighted by Crippen LogP contribution is -2.16. The Labute approximate surface area is 148 Å². The Morgan fingerprint density at radius 1 is 1.32 bits per heavy atom. The molecule has 134 valence electrons. The number of thioether (sulfide) groups is 1. The Morgan fingerprint density at radius 2 is 2.04 bits per heavy atom. The fourth-order valence-electron chi connectivity index (χ4n) is 2.11. The van der Waals surface area contributed by atoms with Crippen LogP contribution >= 0.6 is 23.1 Å². The normalized spacial score (nSPS) is 20.4. The van der Waals surface area contributed by atoms with Crippen molar-refractivity contribution in [2.45, 2.75) is 35.4 Å². The van der Waals surface area contributed by atoms with E-state index in [0.29, 0.717) is 21.6 Å². The number of rotatable bonds is 5. The Hall–Kier alpha value is -2.01. The van der Waals surface area contributed by atoms with E-state index in [4.69, 9.17) is 4.74 Å². The van der Waals surface area contributed by atoms with Crippen molar-refractivity contribution in [3.63, 3.8) is 0 Å². The van der Waals surface area contributed by atoms with E-state index in [0.717, 1.165) is 0 Å². The lowest BCUT2D eigenvalue weighted by molar-refractivity contribution is -0.274. The van der Waals surface area contributed by atoms with Crippen molar-refractivity contribution in [2.75, 3.05) is 5.32 Å². The maximum atomic E-state index is 12.1. The number of nitrogens with zero attached hydrogens (tertiary/aromatic N) is 2. The maximum absolute atomic E-state index is 12.1. The molecule has 1 aromatic carbocycles. The van der Waals surface area contributed by atoms with Crippen molar-refractivity contribution in [3.05, 3.63) is 24.3 Å². The summed E-state index contributed by atoms with van der Waals surface area (Å²) < 4.78 is 45.9. The molecule has 0 radical (unpaired) electrons. The minimum atomic E-state index is -4.72. The lowest BCUT2D eigenvalue weighted by Gasteiger charge is -2.09. The summed E-state index contributed by atoms with van der Waals surface area (Å²) in [4.78, 5) is 11.6. The molecule has 0 bridgehead atoms. The van der Waals surface area contributed by atoms with Crippen LogP contribution in [0.3, 0.4) is 0 Å². The van der Waals surface area contributed by atoms with Gasteiger partial charge in [0.2, 0.25) is 5.13 Å². The number of carbonyl (C=O) groups excluding carboxylic acids is 1. The van der Waals surface area contributed by atoms with Crippen LogP contribution in [0.1, 0.15) is 13.3 Å². The predicted molar refractivity (Wildman–Crippen MR) is 86.1 cm³/mol. The molecule has 25 heavy (non-hydrogen) atoms. The highest BCUT2D eigenvalue weighted by Crippen LogP contribution is 2.35. The van der Waals surface area contributed by atoms with Crippen molar-refractivity contribution < 1.29 is 27.4 Å². The van der Waals surface area contributed by atoms with Crippen LogP contribution in [0.15, 0.2) is 28.6 Å². The second-order valence-electron chi connectivity index (χ2n) is 5.16. The molecule has 1 aliphatic heterocycles. The van der Waals surface area contributed by atoms with Gasteiger partial charge in [0, 0.05) is 12.1 Å². The van der Waals surface area contributed by atoms with Crippen molar-refractivity contribution >= 4 is 39.9 Å². The number of nitrogens with one attached hydrogen (secondary N) is 1. The molecule has 1 aromatic heterocycles. The molecule has 1 fully saturated rings. The fraction of sp³-hybridized carbons (Fsp3) is 0.357. The topological polar surface area (TPSA) is 73.3 Å². The third kappa shape index (κ3) is 4.98. The molecular weight excluding hydrogens is 379 g/mol. The number of cyclic esters (lactones) is 1. The van der Waals surface area contributed by atoms with E-state index in [-0.39, 0.29) is 23.1 Å². The number of alkyl halides is 3. The van der Waals surface area contributed by atoms with Gasteiger partial charge in [0.1, 0.15) is 17.1 Å². The summed E-state index contributed by atoms with van der Waals surface area (Å²) in [5, 5.41) is 11.0. The molecule has 0 spiro atoms. The summed E-state index contributed by atoms with van der Waals surface area (Å²) in [6.07, 6.45) is -4.21. The Morgan fingerprint density at radius 3 is 2.64 bits per heavy atom. The number of esters is 1. The van der Waals surface area contributed by atoms with Gasteiger partial charge in [-0.15, -0.1) is 23.4 Å². The molecule has 1 N–H and O–H groups in total. The Bertz CT molecular complexity index is 752. The van der Waals surface area contributed by atoms with Crippen LogP contribution in [-0.2, 0) is 9.53 Å². The van der Waals surface area contributed by atoms with E-state index in [9.17, 15) is 18.0 Å². The first-order valence-electron chi connectivity index (χ1n) is 7.12. The molecule has 0 amide bonds. The van der Waals surface area contributed by atoms with Crippen LogP contribution in [0, 0.1) is 0 Å². The van der Waals surface area contributed by atoms with E-state index < -0.39 is 6.36 Å². The standard InChI is InChI=1S/C14H12F3N3O3S2/c1-7-6-10(11(21)22-7)24-13-20-19-12(25-13)18-8-2-4-9(5-3-8)23-14(15,16)17/h2-5,7,10H,6H2,1H3,(H,18,19)/t7-,10+/m1/s1. The first-order valence-corrected chi connectivity index (χ1v) is 8.81. The van der Waals surface area contributed by atoms with Gasteiger partial charge < -0.3 is 14.8 Å². The van der Waals surface area contributed by atoms with Crippen LogP contribution < -0.4 is 10.1 Å². The highest BCUT2D eigenvalue weighted by molar-refractivity contribution is 8.02. The summed E-state index contributed by atoms with van der Waals surface area (Å²) in [5.41, 5.74) is 0.538. The zero-order valence-corrected chi connectivity index (χ0v) is 14.4. The van der Waals surface area contributed by atoms with Crippen LogP contribution in [0.2, 0.25) is 0 Å². The molecule has 1 saturated heterocycles. The largest absolute Gasteiger partial charge is 0.573 e. The van der Waals surface area contributed by atoms with E-state index >= 15 is 0 Å². The van der Waals surface area contributed by atoms with Crippen LogP contribution in [0.5, 0.6) is 5.75 Å². The van der Waals surface area contributed by atoms with Crippen LogP contribution in [-0.4, -0.2) is 33.9 Å². The number of aromatic nitrogens is 2. The minimum Gasteiger partial charge on any atom is -0.462 e. The highest BCUT2D eigenvalue weighted by atomic mass is 32.2. The number of anilines is 2. The lowest BCUT2D eigenvalue weighted by atomic mass is 10.3. The number of hydrogen-bond donors (Lipinski definition) is 1. The van der Waals surface area contributed by atoms with Crippen molar-refractivity contribution in [1.29, 1.82) is 0 Å². The average molecular weight is 391 g/mol. The van der Waals surface area contributed by atoms with E-state index in [1.165, 1.54) is 47.4 Å². The van der Waals surface area contributed by atoms with Gasteiger partial charge in [-0.25, -0.2) is 0 Å². The molecular formula is C14H12F3N3O3S2. The quantitative estimate of drug-likeness (QED) is 0.773. The average Bonchev–Trinajstić information content (AvgIpc) is 3.06. The zero-order valence-electron chi connectivity index (χ0n) is 12.7. The van der Waals surface area contributed by atoms with Crippen LogP contribution in [0.25, 0.3) is 0 Å². The summed E-state index contributed by atoms with van der Waals surface area (Å²) in [6, 6.07) is 5.27. The molecule has 2 heterocycles. The Balaban J connectivity index is 1.59. The summed E-state index contributed by atoms with van der Waals surface area (Å²) in [7, 11) is 0. The maximum Gasteiger partial charge on any atom is 0.573 e. The number of carbonyl (C=O) groups is 1. The third-order valence-corrected chi connectivity index (χ3v) is 5.24. The highest BCUT2D eigenvalue weighted by Gasteiger charge is 2.33. The summed E-state index contributed by atoms with van der Waals surface area (Å²) in [5.74, 6) is -0.567. The summed E-state index contributed by atoms with van der Waals surface area (Å²) >= 11 is 2.53. The monoisotopic (exact) mass is 391 g/mol. The number of halogens is 3. The Kier molecular flexibility index (Phi) is 5.04. The number of benzene rings is 1. The van der Waals surface area contributed by atoms with Gasteiger partial charge in [0.05, 0.1) is 0 Å². The first-order chi connectivity index (χ1) is 11.8. The van der Waals surface area contributed by atoms with Gasteiger partial charge in [-0.3, -0.25) is 4.79 Å². The molecule has 2 aromatic rings. The van der Waals surface area contributed by atoms with E-state index in [1.54, 1.807) is 0 Å². The van der Waals surface area contributed by atoms with Crippen molar-refractivity contribution in [3.8, 4) is 5.75 Å². The SMILES string of the molecule is C[C@@H]1C[C@H](Sc2nnc(Nc3ccc(OC(F)(F)F)cc3)s2)C(=O)O1. The molecule has 11 heteroatoms. The first kappa shape index (κ1) is 17.8.